The van der Waals surface area contributed by atoms with Gasteiger partial charge in [0.15, 0.2) is 0 Å². The minimum atomic E-state index is 0.297. The van der Waals surface area contributed by atoms with Gasteiger partial charge in [-0.15, -0.1) is 11.3 Å². The van der Waals surface area contributed by atoms with Crippen LogP contribution in [-0.4, -0.2) is 12.0 Å². The number of thiophene rings is 1. The van der Waals surface area contributed by atoms with Crippen LogP contribution in [-0.2, 0) is 0 Å². The molecule has 1 aliphatic heterocycles. The Morgan fingerprint density at radius 3 is 2.81 bits per heavy atom. The molecule has 1 atom stereocenters. The number of nitrogens with zero attached hydrogens (tertiary/aromatic N) is 1. The zero-order valence-corrected chi connectivity index (χ0v) is 11.8. The summed E-state index contributed by atoms with van der Waals surface area (Å²) in [4.78, 5) is 4.58. The first-order chi connectivity index (χ1) is 7.56. The number of rotatable bonds is 2. The zero-order chi connectivity index (χ0) is 11.7. The number of hydrogen-bond acceptors (Lipinski definition) is 3. The number of hydrogen-bond donors (Lipinski definition) is 2. The van der Waals surface area contributed by atoms with Crippen molar-refractivity contribution in [1.82, 2.24) is 4.72 Å². The lowest BCUT2D eigenvalue weighted by molar-refractivity contribution is 0.530. The first kappa shape index (κ1) is 12.1. The summed E-state index contributed by atoms with van der Waals surface area (Å²) >= 11 is 9.08. The quantitative estimate of drug-likeness (QED) is 0.806. The number of guanidine groups is 1. The molecule has 0 bridgehead atoms. The Morgan fingerprint density at radius 2 is 2.12 bits per heavy atom. The van der Waals surface area contributed by atoms with Crippen molar-refractivity contribution in [3.05, 3.63) is 10.4 Å². The molecule has 0 fully saturated rings. The lowest BCUT2D eigenvalue weighted by Gasteiger charge is -2.19. The smallest absolute Gasteiger partial charge is 0.206 e. The molecule has 1 aromatic heterocycles. The van der Waals surface area contributed by atoms with Crippen molar-refractivity contribution in [1.29, 1.82) is 0 Å². The van der Waals surface area contributed by atoms with Crippen LogP contribution in [0.4, 0.5) is 5.69 Å². The third-order valence-corrected chi connectivity index (χ3v) is 4.72. The van der Waals surface area contributed by atoms with E-state index in [1.54, 1.807) is 23.3 Å². The van der Waals surface area contributed by atoms with Crippen molar-refractivity contribution in [2.45, 2.75) is 31.0 Å². The van der Waals surface area contributed by atoms with Crippen molar-refractivity contribution < 1.29 is 0 Å². The minimum absolute atomic E-state index is 0.297. The van der Waals surface area contributed by atoms with Crippen LogP contribution in [0.3, 0.4) is 0 Å². The van der Waals surface area contributed by atoms with Crippen molar-refractivity contribution in [2.75, 3.05) is 5.32 Å². The van der Waals surface area contributed by atoms with Gasteiger partial charge in [-0.05, 0) is 18.9 Å². The fraction of sp³-hybridized carbons (Fsp3) is 0.500. The van der Waals surface area contributed by atoms with Gasteiger partial charge in [0.2, 0.25) is 5.96 Å². The molecular weight excluding hydrogens is 262 g/mol. The van der Waals surface area contributed by atoms with Crippen LogP contribution < -0.4 is 10.0 Å². The fourth-order valence-electron chi connectivity index (χ4n) is 1.17. The molecule has 16 heavy (non-hydrogen) atoms. The average Bonchev–Trinajstić information content (AvgIpc) is 2.57. The van der Waals surface area contributed by atoms with E-state index in [2.05, 4.69) is 35.8 Å². The Hall–Kier alpha value is -0.390. The van der Waals surface area contributed by atoms with Crippen LogP contribution in [0.1, 0.15) is 20.8 Å². The van der Waals surface area contributed by atoms with E-state index < -0.39 is 0 Å². The average molecular weight is 276 g/mol. The molecule has 0 spiro atoms. The molecular formula is C10H14ClN3S2. The van der Waals surface area contributed by atoms with E-state index in [1.807, 2.05) is 6.07 Å². The third kappa shape index (κ3) is 2.64. The van der Waals surface area contributed by atoms with Gasteiger partial charge in [-0.25, -0.2) is 4.99 Å². The largest absolute Gasteiger partial charge is 0.324 e. The predicted molar refractivity (Wildman–Crippen MR) is 73.7 cm³/mol. The Labute approximate surface area is 109 Å². The summed E-state index contributed by atoms with van der Waals surface area (Å²) in [7, 11) is 0. The van der Waals surface area contributed by atoms with Gasteiger partial charge in [0.05, 0.1) is 16.1 Å². The van der Waals surface area contributed by atoms with Gasteiger partial charge in [-0.2, -0.15) is 0 Å². The SMILES string of the molecule is CC(C)[C@@H](C)N=C1NSc2sc(Cl)cc2N1. The van der Waals surface area contributed by atoms with Crippen LogP contribution in [0.5, 0.6) is 0 Å². The first-order valence-electron chi connectivity index (χ1n) is 5.13. The molecule has 88 valence electrons. The molecule has 6 heteroatoms. The van der Waals surface area contributed by atoms with Crippen LogP contribution in [0.15, 0.2) is 15.3 Å². The summed E-state index contributed by atoms with van der Waals surface area (Å²) in [5, 5.41) is 3.25. The molecule has 0 aliphatic carbocycles. The fourth-order valence-corrected chi connectivity index (χ4v) is 3.29. The highest BCUT2D eigenvalue weighted by atomic mass is 35.5. The standard InChI is InChI=1S/C10H14ClN3S2/c1-5(2)6(3)12-10-13-7-4-8(11)15-9(7)16-14-10/h4-6H,1-3H3,(H2,12,13,14)/t6-/m1/s1. The van der Waals surface area contributed by atoms with Crippen molar-refractivity contribution in [2.24, 2.45) is 10.9 Å². The molecule has 0 amide bonds. The zero-order valence-electron chi connectivity index (χ0n) is 9.37. The van der Waals surface area contributed by atoms with E-state index >= 15 is 0 Å². The van der Waals surface area contributed by atoms with Crippen molar-refractivity contribution in [3.8, 4) is 0 Å². The maximum atomic E-state index is 5.95. The number of fused-ring (bicyclic) bond motifs is 1. The maximum Gasteiger partial charge on any atom is 0.206 e. The first-order valence-corrected chi connectivity index (χ1v) is 7.14. The van der Waals surface area contributed by atoms with E-state index in [4.69, 9.17) is 11.6 Å². The molecule has 1 aliphatic rings. The van der Waals surface area contributed by atoms with E-state index in [-0.39, 0.29) is 0 Å². The lowest BCUT2D eigenvalue weighted by Crippen LogP contribution is -2.30. The summed E-state index contributed by atoms with van der Waals surface area (Å²) < 4.78 is 5.13. The van der Waals surface area contributed by atoms with E-state index in [0.29, 0.717) is 12.0 Å². The van der Waals surface area contributed by atoms with Crippen molar-refractivity contribution in [3.63, 3.8) is 0 Å². The third-order valence-electron chi connectivity index (χ3n) is 2.46. The van der Waals surface area contributed by atoms with Crippen LogP contribution in [0.25, 0.3) is 0 Å². The van der Waals surface area contributed by atoms with Gasteiger partial charge in [0.25, 0.3) is 0 Å². The van der Waals surface area contributed by atoms with Gasteiger partial charge in [-0.1, -0.05) is 25.4 Å². The van der Waals surface area contributed by atoms with Crippen LogP contribution >= 0.6 is 34.9 Å². The summed E-state index contributed by atoms with van der Waals surface area (Å²) in [6.45, 7) is 6.44. The number of halogens is 1. The summed E-state index contributed by atoms with van der Waals surface area (Å²) in [5.74, 6) is 1.35. The number of nitrogens with one attached hydrogen (secondary N) is 2. The highest BCUT2D eigenvalue weighted by molar-refractivity contribution is 8.00. The molecule has 2 heterocycles. The number of aliphatic imine (C=N–C) groups is 1. The molecule has 2 N–H and O–H groups in total. The maximum absolute atomic E-state index is 5.95. The highest BCUT2D eigenvalue weighted by Gasteiger charge is 2.18. The van der Waals surface area contributed by atoms with Gasteiger partial charge in [0, 0.05) is 11.9 Å². The van der Waals surface area contributed by atoms with Crippen LogP contribution in [0.2, 0.25) is 4.34 Å². The molecule has 3 nitrogen and oxygen atoms in total. The minimum Gasteiger partial charge on any atom is -0.324 e. The summed E-state index contributed by atoms with van der Waals surface area (Å²) in [6.07, 6.45) is 0. The Bertz CT molecular complexity index is 414. The second kappa shape index (κ2) is 4.85. The van der Waals surface area contributed by atoms with Gasteiger partial charge >= 0.3 is 0 Å². The number of anilines is 1. The summed E-state index contributed by atoms with van der Waals surface area (Å²) in [6, 6.07) is 2.23. The van der Waals surface area contributed by atoms with Gasteiger partial charge in [-0.3, -0.25) is 4.72 Å². The molecule has 0 saturated carbocycles. The molecule has 0 radical (unpaired) electrons. The summed E-state index contributed by atoms with van der Waals surface area (Å²) in [5.41, 5.74) is 1.05. The van der Waals surface area contributed by atoms with Gasteiger partial charge in [0.1, 0.15) is 4.21 Å². The Morgan fingerprint density at radius 1 is 1.38 bits per heavy atom. The predicted octanol–water partition coefficient (Wildman–Crippen LogP) is 3.82. The molecule has 1 aromatic rings. The van der Waals surface area contributed by atoms with Crippen LogP contribution in [0, 0.1) is 5.92 Å². The molecule has 2 rings (SSSR count). The Kier molecular flexibility index (Phi) is 3.66. The van der Waals surface area contributed by atoms with Crippen molar-refractivity contribution >= 4 is 46.5 Å². The normalized spacial score (nSPS) is 19.2. The molecule has 0 unspecified atom stereocenters. The second-order valence-electron chi connectivity index (χ2n) is 4.04. The highest BCUT2D eigenvalue weighted by Crippen LogP contribution is 2.39. The van der Waals surface area contributed by atoms with Gasteiger partial charge < -0.3 is 5.32 Å². The Balaban J connectivity index is 2.13. The second-order valence-corrected chi connectivity index (χ2v) is 6.80. The molecule has 0 saturated heterocycles. The van der Waals surface area contributed by atoms with E-state index in [1.165, 1.54) is 0 Å². The monoisotopic (exact) mass is 275 g/mol. The lowest BCUT2D eigenvalue weighted by atomic mass is 10.1. The molecule has 0 aromatic carbocycles. The van der Waals surface area contributed by atoms with E-state index in [9.17, 15) is 0 Å². The topological polar surface area (TPSA) is 36.4 Å². The van der Waals surface area contributed by atoms with E-state index in [0.717, 1.165) is 20.2 Å².